The van der Waals surface area contributed by atoms with E-state index in [-0.39, 0.29) is 44.8 Å². The van der Waals surface area contributed by atoms with Crippen LogP contribution in [0.25, 0.3) is 0 Å². The molecular weight excluding hydrogens is 791 g/mol. The van der Waals surface area contributed by atoms with E-state index in [9.17, 15) is 18.9 Å². The van der Waals surface area contributed by atoms with Gasteiger partial charge in [-0.1, -0.05) is 0 Å². The van der Waals surface area contributed by atoms with Crippen molar-refractivity contribution in [2.45, 2.75) is 12.8 Å². The minimum Gasteiger partial charge on any atom is -0.394 e. The average molecular weight is 851 g/mol. The standard InChI is InChI=1S/C37H59N2O18P/c1-2-58(44,38-34-5-3-33(4-6-34)37(43)57-39-35(41)7-8-36(39)42)56-32-31-55-30-29-54-28-27-53-26-25-52-24-23-51-22-21-50-20-19-49-18-17-48-16-15-47-14-13-46-12-11-45-10-9-40/h1,3-6,40H,7-32H2,(H,38,44). The first-order chi connectivity index (χ1) is 28.4. The molecule has 1 heterocycles. The number of nitrogens with zero attached hydrogens (tertiary/aromatic N) is 1. The monoisotopic (exact) mass is 850 g/mol. The first-order valence-corrected chi connectivity index (χ1v) is 20.7. The van der Waals surface area contributed by atoms with Crippen LogP contribution in [0.4, 0.5) is 5.69 Å². The summed E-state index contributed by atoms with van der Waals surface area (Å²) >= 11 is 0. The molecule has 2 rings (SSSR count). The third kappa shape index (κ3) is 26.1. The molecule has 1 saturated heterocycles. The Morgan fingerprint density at radius 2 is 0.879 bits per heavy atom. The van der Waals surface area contributed by atoms with Gasteiger partial charge in [0.05, 0.1) is 164 Å². The minimum atomic E-state index is -3.71. The molecule has 1 aliphatic rings. The maximum absolute atomic E-state index is 12.9. The largest absolute Gasteiger partial charge is 0.394 e. The number of aliphatic hydroxyl groups excluding tert-OH is 1. The van der Waals surface area contributed by atoms with Crippen LogP contribution in [0.1, 0.15) is 23.2 Å². The third-order valence-electron chi connectivity index (χ3n) is 7.20. The highest BCUT2D eigenvalue weighted by molar-refractivity contribution is 7.65. The fourth-order valence-corrected chi connectivity index (χ4v) is 5.36. The summed E-state index contributed by atoms with van der Waals surface area (Å²) in [6.07, 6.45) is 5.40. The van der Waals surface area contributed by atoms with Crippen LogP contribution in [0.2, 0.25) is 0 Å². The Morgan fingerprint density at radius 3 is 1.19 bits per heavy atom. The van der Waals surface area contributed by atoms with Gasteiger partial charge >= 0.3 is 13.5 Å². The Kier molecular flexibility index (Phi) is 30.6. The van der Waals surface area contributed by atoms with Crippen LogP contribution in [0.3, 0.4) is 0 Å². The molecule has 1 atom stereocenters. The lowest BCUT2D eigenvalue weighted by molar-refractivity contribution is -0.172. The Labute approximate surface area is 339 Å². The lowest BCUT2D eigenvalue weighted by Gasteiger charge is -2.16. The first kappa shape index (κ1) is 51.0. The van der Waals surface area contributed by atoms with Gasteiger partial charge in [-0.15, -0.1) is 11.5 Å². The van der Waals surface area contributed by atoms with Crippen molar-refractivity contribution in [1.82, 2.24) is 5.06 Å². The molecule has 0 radical (unpaired) electrons. The van der Waals surface area contributed by atoms with Gasteiger partial charge in [-0.2, -0.15) is 0 Å². The first-order valence-electron chi connectivity index (χ1n) is 19.0. The summed E-state index contributed by atoms with van der Waals surface area (Å²) < 4.78 is 77.7. The summed E-state index contributed by atoms with van der Waals surface area (Å²) in [4.78, 5) is 40.4. The van der Waals surface area contributed by atoms with E-state index in [0.717, 1.165) is 0 Å². The molecule has 0 saturated carbocycles. The zero-order valence-corrected chi connectivity index (χ0v) is 33.9. The third-order valence-corrected chi connectivity index (χ3v) is 8.64. The SMILES string of the molecule is C#CP(=O)(Nc1ccc(C(=O)ON2C(=O)CCC2=O)cc1)OCCOCCOCCOCCOCCOCCOCCOCCOCCOCCOCCOCCO. The highest BCUT2D eigenvalue weighted by Crippen LogP contribution is 2.45. The fraction of sp³-hybridized carbons (Fsp3) is 0.703. The molecule has 21 heteroatoms. The molecular formula is C37H59N2O18P. The Hall–Kier alpha value is -3.10. The molecule has 0 bridgehead atoms. The number of anilines is 1. The lowest BCUT2D eigenvalue weighted by Crippen LogP contribution is -2.32. The lowest BCUT2D eigenvalue weighted by atomic mass is 10.2. The molecule has 0 aromatic heterocycles. The van der Waals surface area contributed by atoms with E-state index in [1.807, 2.05) is 0 Å². The number of nitrogens with one attached hydrogen (secondary N) is 1. The van der Waals surface area contributed by atoms with Crippen molar-refractivity contribution in [3.63, 3.8) is 0 Å². The van der Waals surface area contributed by atoms with Gasteiger partial charge in [-0.05, 0) is 24.3 Å². The predicted octanol–water partition coefficient (Wildman–Crippen LogP) is 1.29. The van der Waals surface area contributed by atoms with Gasteiger partial charge in [0.1, 0.15) is 0 Å². The second-order valence-electron chi connectivity index (χ2n) is 11.6. The van der Waals surface area contributed by atoms with Crippen LogP contribution in [0, 0.1) is 12.1 Å². The van der Waals surface area contributed by atoms with Gasteiger partial charge < -0.3 is 71.7 Å². The topological polar surface area (TPSA) is 224 Å². The van der Waals surface area contributed by atoms with Crippen molar-refractivity contribution in [2.75, 3.05) is 164 Å². The normalized spacial score (nSPS) is 13.8. The van der Waals surface area contributed by atoms with Crippen molar-refractivity contribution >= 4 is 31.0 Å². The molecule has 1 aliphatic heterocycles. The van der Waals surface area contributed by atoms with Crippen LogP contribution in [0.15, 0.2) is 24.3 Å². The minimum absolute atomic E-state index is 0.0101. The summed E-state index contributed by atoms with van der Waals surface area (Å²) in [5.74, 6) is -2.06. The number of rotatable bonds is 40. The fourth-order valence-electron chi connectivity index (χ4n) is 4.34. The van der Waals surface area contributed by atoms with Crippen LogP contribution in [0.5, 0.6) is 0 Å². The van der Waals surface area contributed by atoms with Gasteiger partial charge in [-0.25, -0.2) is 4.79 Å². The second kappa shape index (κ2) is 34.7. The number of amides is 2. The van der Waals surface area contributed by atoms with E-state index < -0.39 is 25.3 Å². The molecule has 2 N–H and O–H groups in total. The number of ether oxygens (including phenoxy) is 11. The van der Waals surface area contributed by atoms with Crippen LogP contribution in [-0.4, -0.2) is 187 Å². The summed E-state index contributed by atoms with van der Waals surface area (Å²) in [5.41, 5.74) is 2.50. The van der Waals surface area contributed by atoms with Gasteiger partial charge in [-0.3, -0.25) is 14.2 Å². The average Bonchev–Trinajstić information content (AvgIpc) is 3.54. The molecule has 20 nitrogen and oxygen atoms in total. The smallest absolute Gasteiger partial charge is 0.367 e. The summed E-state index contributed by atoms with van der Waals surface area (Å²) in [5, 5.41) is 11.7. The summed E-state index contributed by atoms with van der Waals surface area (Å²) in [6.45, 7) is 9.16. The number of hydrogen-bond acceptors (Lipinski definition) is 18. The Bertz CT molecular complexity index is 1300. The zero-order valence-electron chi connectivity index (χ0n) is 33.1. The maximum Gasteiger partial charge on any atom is 0.367 e. The number of hydrogen-bond donors (Lipinski definition) is 2. The van der Waals surface area contributed by atoms with Gasteiger partial charge in [0.25, 0.3) is 11.8 Å². The molecule has 1 aromatic rings. The quantitative estimate of drug-likeness (QED) is 0.0411. The zero-order chi connectivity index (χ0) is 41.8. The molecule has 1 fully saturated rings. The number of aliphatic hydroxyl groups is 1. The molecule has 0 aliphatic carbocycles. The van der Waals surface area contributed by atoms with Crippen LogP contribution >= 0.6 is 7.52 Å². The predicted molar refractivity (Wildman–Crippen MR) is 205 cm³/mol. The van der Waals surface area contributed by atoms with Crippen molar-refractivity contribution in [3.8, 4) is 12.1 Å². The number of benzene rings is 1. The van der Waals surface area contributed by atoms with Gasteiger partial charge in [0.2, 0.25) is 0 Å². The molecule has 58 heavy (non-hydrogen) atoms. The molecule has 330 valence electrons. The van der Waals surface area contributed by atoms with E-state index in [4.69, 9.17) is 73.0 Å². The summed E-state index contributed by atoms with van der Waals surface area (Å²) in [7, 11) is -3.71. The van der Waals surface area contributed by atoms with Crippen molar-refractivity contribution in [1.29, 1.82) is 0 Å². The van der Waals surface area contributed by atoms with Crippen molar-refractivity contribution in [2.24, 2.45) is 0 Å². The Balaban J connectivity index is 1.27. The van der Waals surface area contributed by atoms with Crippen LogP contribution in [-0.2, 0) is 75.6 Å². The number of carbonyl (C=O) groups is 3. The molecule has 2 amide bonds. The summed E-state index contributed by atoms with van der Waals surface area (Å²) in [6, 6.07) is 5.58. The van der Waals surface area contributed by atoms with E-state index in [0.29, 0.717) is 143 Å². The van der Waals surface area contributed by atoms with E-state index in [1.165, 1.54) is 24.3 Å². The number of carbonyl (C=O) groups excluding carboxylic acids is 3. The molecule has 0 spiro atoms. The van der Waals surface area contributed by atoms with E-state index in [1.54, 1.807) is 0 Å². The second-order valence-corrected chi connectivity index (χ2v) is 13.5. The van der Waals surface area contributed by atoms with Crippen LogP contribution < -0.4 is 5.09 Å². The van der Waals surface area contributed by atoms with Gasteiger partial charge in [0.15, 0.2) is 0 Å². The number of imide groups is 1. The van der Waals surface area contributed by atoms with Crippen molar-refractivity contribution in [3.05, 3.63) is 29.8 Å². The molecule has 1 unspecified atom stereocenters. The highest BCUT2D eigenvalue weighted by Gasteiger charge is 2.33. The highest BCUT2D eigenvalue weighted by atomic mass is 31.2. The van der Waals surface area contributed by atoms with Gasteiger partial charge in [0, 0.05) is 24.2 Å². The molecule has 1 aromatic carbocycles. The van der Waals surface area contributed by atoms with E-state index >= 15 is 0 Å². The van der Waals surface area contributed by atoms with E-state index in [2.05, 4.69) is 10.7 Å². The number of hydroxylamine groups is 2. The maximum atomic E-state index is 12.9. The number of terminal acetylenes is 1. The Morgan fingerprint density at radius 1 is 0.569 bits per heavy atom. The van der Waals surface area contributed by atoms with Crippen molar-refractivity contribution < 1.29 is 85.5 Å².